The van der Waals surface area contributed by atoms with Crippen LogP contribution >= 0.6 is 7.60 Å². The molecule has 146 valence electrons. The van der Waals surface area contributed by atoms with Crippen molar-refractivity contribution < 1.29 is 23.9 Å². The summed E-state index contributed by atoms with van der Waals surface area (Å²) in [6.07, 6.45) is 0.951. The summed E-state index contributed by atoms with van der Waals surface area (Å²) >= 11 is 0. The average molecular weight is 385 g/mol. The third-order valence-corrected chi connectivity index (χ3v) is 5.11. The SMILES string of the molecule is CC(NC(=O)OCc1ccccc1)NC1CCN(CCP(=O)(O)O)CC1. The van der Waals surface area contributed by atoms with Gasteiger partial charge in [0.05, 0.1) is 12.3 Å². The van der Waals surface area contributed by atoms with E-state index in [1.54, 1.807) is 0 Å². The van der Waals surface area contributed by atoms with Crippen molar-refractivity contribution in [1.82, 2.24) is 15.5 Å². The lowest BCUT2D eigenvalue weighted by molar-refractivity contribution is 0.131. The molecule has 9 heteroatoms. The van der Waals surface area contributed by atoms with Gasteiger partial charge in [-0.2, -0.15) is 0 Å². The molecular formula is C17H28N3O5P. The third-order valence-electron chi connectivity index (χ3n) is 4.33. The summed E-state index contributed by atoms with van der Waals surface area (Å²) < 4.78 is 16.1. The number of ether oxygens (including phenoxy) is 1. The molecular weight excluding hydrogens is 357 g/mol. The standard InChI is InChI=1S/C17H28N3O5P/c1-14(19-17(21)25-13-15-5-3-2-4-6-15)18-16-7-9-20(10-8-16)11-12-26(22,23)24/h2-6,14,16,18H,7-13H2,1H3,(H,19,21)(H2,22,23,24). The molecule has 0 radical (unpaired) electrons. The Morgan fingerprint density at radius 2 is 1.96 bits per heavy atom. The molecule has 0 aliphatic carbocycles. The Morgan fingerprint density at radius 3 is 2.58 bits per heavy atom. The number of alkyl carbamates (subject to hydrolysis) is 1. The molecule has 1 aromatic carbocycles. The van der Waals surface area contributed by atoms with Crippen LogP contribution in [0.5, 0.6) is 0 Å². The Kier molecular flexibility index (Phi) is 8.06. The number of likely N-dealkylation sites (tertiary alicyclic amines) is 1. The average Bonchev–Trinajstić information content (AvgIpc) is 2.59. The van der Waals surface area contributed by atoms with Gasteiger partial charge in [0.2, 0.25) is 0 Å². The molecule has 0 bridgehead atoms. The second-order valence-electron chi connectivity index (χ2n) is 6.60. The van der Waals surface area contributed by atoms with Gasteiger partial charge in [-0.05, 0) is 38.4 Å². The van der Waals surface area contributed by atoms with Crippen LogP contribution in [0.1, 0.15) is 25.3 Å². The van der Waals surface area contributed by atoms with Gasteiger partial charge in [-0.25, -0.2) is 4.79 Å². The number of nitrogens with one attached hydrogen (secondary N) is 2. The van der Waals surface area contributed by atoms with Gasteiger partial charge in [0, 0.05) is 12.6 Å². The number of carbonyl (C=O) groups excluding carboxylic acids is 1. The molecule has 0 spiro atoms. The number of hydrogen-bond donors (Lipinski definition) is 4. The minimum atomic E-state index is -3.93. The van der Waals surface area contributed by atoms with Gasteiger partial charge in [0.25, 0.3) is 0 Å². The van der Waals surface area contributed by atoms with E-state index < -0.39 is 13.7 Å². The van der Waals surface area contributed by atoms with Crippen LogP contribution in [-0.2, 0) is 15.9 Å². The zero-order valence-corrected chi connectivity index (χ0v) is 15.9. The Hall–Kier alpha value is -1.44. The van der Waals surface area contributed by atoms with Crippen LogP contribution in [0.15, 0.2) is 30.3 Å². The maximum absolute atomic E-state index is 11.8. The Morgan fingerprint density at radius 1 is 1.31 bits per heavy atom. The normalized spacial score (nSPS) is 17.7. The first-order chi connectivity index (χ1) is 12.3. The monoisotopic (exact) mass is 385 g/mol. The van der Waals surface area contributed by atoms with E-state index in [-0.39, 0.29) is 25.0 Å². The molecule has 4 N–H and O–H groups in total. The fourth-order valence-corrected chi connectivity index (χ4v) is 3.48. The van der Waals surface area contributed by atoms with Gasteiger partial charge in [-0.1, -0.05) is 30.3 Å². The smallest absolute Gasteiger partial charge is 0.408 e. The number of amides is 1. The number of carbonyl (C=O) groups is 1. The Bertz CT molecular complexity index is 602. The second kappa shape index (κ2) is 10.0. The topological polar surface area (TPSA) is 111 Å². The maximum atomic E-state index is 11.8. The van der Waals surface area contributed by atoms with Crippen LogP contribution < -0.4 is 10.6 Å². The van der Waals surface area contributed by atoms with Gasteiger partial charge in [-0.15, -0.1) is 0 Å². The highest BCUT2D eigenvalue weighted by atomic mass is 31.2. The van der Waals surface area contributed by atoms with E-state index in [2.05, 4.69) is 15.5 Å². The van der Waals surface area contributed by atoms with E-state index in [0.717, 1.165) is 31.5 Å². The summed E-state index contributed by atoms with van der Waals surface area (Å²) in [4.78, 5) is 31.8. The first-order valence-corrected chi connectivity index (χ1v) is 10.6. The summed E-state index contributed by atoms with van der Waals surface area (Å²) in [6, 6.07) is 9.75. The number of benzene rings is 1. The molecule has 1 unspecified atom stereocenters. The van der Waals surface area contributed by atoms with E-state index >= 15 is 0 Å². The third kappa shape index (κ3) is 8.29. The second-order valence-corrected chi connectivity index (χ2v) is 8.38. The molecule has 1 aliphatic rings. The van der Waals surface area contributed by atoms with Gasteiger partial charge in [0.1, 0.15) is 6.61 Å². The van der Waals surface area contributed by atoms with E-state index in [4.69, 9.17) is 14.5 Å². The largest absolute Gasteiger partial charge is 0.445 e. The maximum Gasteiger partial charge on any atom is 0.408 e. The summed E-state index contributed by atoms with van der Waals surface area (Å²) in [5, 5.41) is 6.11. The number of piperidine rings is 1. The van der Waals surface area contributed by atoms with Crippen LogP contribution in [0.25, 0.3) is 0 Å². The van der Waals surface area contributed by atoms with Crippen molar-refractivity contribution in [1.29, 1.82) is 0 Å². The molecule has 0 saturated carbocycles. The van der Waals surface area contributed by atoms with Crippen LogP contribution in [0.3, 0.4) is 0 Å². The molecule has 2 rings (SSSR count). The summed E-state index contributed by atoms with van der Waals surface area (Å²) in [5.41, 5.74) is 0.936. The fraction of sp³-hybridized carbons (Fsp3) is 0.588. The van der Waals surface area contributed by atoms with Crippen LogP contribution in [0.4, 0.5) is 4.79 Å². The summed E-state index contributed by atoms with van der Waals surface area (Å²) in [6.45, 7) is 4.07. The van der Waals surface area contributed by atoms with Crippen LogP contribution in [0, 0.1) is 0 Å². The van der Waals surface area contributed by atoms with Crippen LogP contribution in [-0.4, -0.2) is 58.8 Å². The van der Waals surface area contributed by atoms with E-state index in [9.17, 15) is 9.36 Å². The van der Waals surface area contributed by atoms with Crippen molar-refractivity contribution in [2.75, 3.05) is 25.8 Å². The predicted octanol–water partition coefficient (Wildman–Crippen LogP) is 1.49. The lowest BCUT2D eigenvalue weighted by Crippen LogP contribution is -2.51. The molecule has 0 aromatic heterocycles. The van der Waals surface area contributed by atoms with Gasteiger partial charge >= 0.3 is 13.7 Å². The van der Waals surface area contributed by atoms with Crippen molar-refractivity contribution >= 4 is 13.7 Å². The lowest BCUT2D eigenvalue weighted by atomic mass is 10.1. The zero-order valence-electron chi connectivity index (χ0n) is 15.0. The lowest BCUT2D eigenvalue weighted by Gasteiger charge is -2.33. The van der Waals surface area contributed by atoms with Gasteiger partial charge < -0.3 is 24.7 Å². The van der Waals surface area contributed by atoms with Crippen molar-refractivity contribution in [3.8, 4) is 0 Å². The number of hydrogen-bond acceptors (Lipinski definition) is 5. The van der Waals surface area contributed by atoms with Crippen molar-refractivity contribution in [2.24, 2.45) is 0 Å². The Labute approximate surface area is 154 Å². The van der Waals surface area contributed by atoms with E-state index in [0.29, 0.717) is 6.54 Å². The van der Waals surface area contributed by atoms with Crippen molar-refractivity contribution in [3.63, 3.8) is 0 Å². The quantitative estimate of drug-likeness (QED) is 0.396. The molecule has 1 aromatic rings. The summed E-state index contributed by atoms with van der Waals surface area (Å²) in [7, 11) is -3.93. The van der Waals surface area contributed by atoms with Crippen LogP contribution in [0.2, 0.25) is 0 Å². The highest BCUT2D eigenvalue weighted by Crippen LogP contribution is 2.33. The molecule has 1 fully saturated rings. The first-order valence-electron chi connectivity index (χ1n) is 8.82. The molecule has 1 heterocycles. The molecule has 1 atom stereocenters. The number of nitrogens with zero attached hydrogens (tertiary/aromatic N) is 1. The minimum absolute atomic E-state index is 0.101. The van der Waals surface area contributed by atoms with Crippen molar-refractivity contribution in [2.45, 2.75) is 38.6 Å². The molecule has 8 nitrogen and oxygen atoms in total. The molecule has 1 saturated heterocycles. The van der Waals surface area contributed by atoms with E-state index in [1.165, 1.54) is 0 Å². The minimum Gasteiger partial charge on any atom is -0.445 e. The highest BCUT2D eigenvalue weighted by molar-refractivity contribution is 7.51. The van der Waals surface area contributed by atoms with E-state index in [1.807, 2.05) is 37.3 Å². The van der Waals surface area contributed by atoms with Gasteiger partial charge in [-0.3, -0.25) is 9.88 Å². The first kappa shape index (κ1) is 20.9. The fourth-order valence-electron chi connectivity index (χ4n) is 2.93. The Balaban J connectivity index is 1.61. The van der Waals surface area contributed by atoms with Crippen molar-refractivity contribution in [3.05, 3.63) is 35.9 Å². The predicted molar refractivity (Wildman–Crippen MR) is 98.7 cm³/mol. The molecule has 1 amide bonds. The van der Waals surface area contributed by atoms with Gasteiger partial charge in [0.15, 0.2) is 0 Å². The number of rotatable bonds is 8. The highest BCUT2D eigenvalue weighted by Gasteiger charge is 2.23. The molecule has 26 heavy (non-hydrogen) atoms. The summed E-state index contributed by atoms with van der Waals surface area (Å²) in [5.74, 6) is 0. The zero-order chi connectivity index (χ0) is 19.0. The molecule has 1 aliphatic heterocycles.